The monoisotopic (exact) mass is 475 g/mol. The quantitative estimate of drug-likeness (QED) is 0.437. The Morgan fingerprint density at radius 3 is 2.52 bits per heavy atom. The number of pyridine rings is 1. The zero-order chi connectivity index (χ0) is 23.6. The molecule has 0 saturated carbocycles. The summed E-state index contributed by atoms with van der Waals surface area (Å²) >= 11 is 5.68. The number of hydrogen-bond acceptors (Lipinski definition) is 8. The van der Waals surface area contributed by atoms with Crippen LogP contribution in [0.5, 0.6) is 0 Å². The van der Waals surface area contributed by atoms with Crippen LogP contribution < -0.4 is 5.32 Å². The topological polar surface area (TPSA) is 124 Å². The Balaban J connectivity index is 1.68. The third kappa shape index (κ3) is 4.92. The van der Waals surface area contributed by atoms with Crippen molar-refractivity contribution < 1.29 is 18.0 Å². The van der Waals surface area contributed by atoms with E-state index in [1.807, 2.05) is 0 Å². The lowest BCUT2D eigenvalue weighted by Crippen LogP contribution is -2.29. The molecule has 4 aromatic heterocycles. The lowest BCUT2D eigenvalue weighted by atomic mass is 10.2. The molecule has 0 fully saturated rings. The van der Waals surface area contributed by atoms with E-state index < -0.39 is 29.0 Å². The summed E-state index contributed by atoms with van der Waals surface area (Å²) in [5, 5.41) is 6.48. The molecule has 0 spiro atoms. The van der Waals surface area contributed by atoms with E-state index in [9.17, 15) is 18.0 Å². The van der Waals surface area contributed by atoms with E-state index in [1.165, 1.54) is 35.7 Å². The van der Waals surface area contributed by atoms with Gasteiger partial charge in [-0.15, -0.1) is 5.10 Å². The van der Waals surface area contributed by atoms with Crippen LogP contribution in [-0.4, -0.2) is 45.6 Å². The molecule has 1 amide bonds. The largest absolute Gasteiger partial charge is 0.433 e. The minimum absolute atomic E-state index is 0.169. The maximum Gasteiger partial charge on any atom is 0.433 e. The number of hydrogen-bond donors (Lipinski definition) is 1. The Labute approximate surface area is 188 Å². The van der Waals surface area contributed by atoms with Gasteiger partial charge in [-0.2, -0.15) is 17.9 Å². The molecule has 1 N–H and O–H groups in total. The van der Waals surface area contributed by atoms with Crippen molar-refractivity contribution in [1.82, 2.24) is 45.0 Å². The molecule has 0 aromatic carbocycles. The van der Waals surface area contributed by atoms with Gasteiger partial charge in [0.1, 0.15) is 16.5 Å². The molecule has 4 rings (SSSR count). The van der Waals surface area contributed by atoms with Gasteiger partial charge in [-0.25, -0.2) is 24.9 Å². The smallest absolute Gasteiger partial charge is 0.342 e. The van der Waals surface area contributed by atoms with Crippen molar-refractivity contribution in [1.29, 1.82) is 0 Å². The number of rotatable bonds is 5. The minimum Gasteiger partial charge on any atom is -0.342 e. The first kappa shape index (κ1) is 22.2. The van der Waals surface area contributed by atoms with Crippen LogP contribution in [-0.2, 0) is 6.18 Å². The van der Waals surface area contributed by atoms with Gasteiger partial charge >= 0.3 is 6.18 Å². The van der Waals surface area contributed by atoms with E-state index in [2.05, 4.69) is 40.3 Å². The molecule has 1 atom stereocenters. The molecule has 168 valence electrons. The number of amides is 1. The van der Waals surface area contributed by atoms with Gasteiger partial charge < -0.3 is 5.32 Å². The molecular formula is C19H13ClF3N9O. The summed E-state index contributed by atoms with van der Waals surface area (Å²) in [6.45, 7) is 1.58. The van der Waals surface area contributed by atoms with Crippen molar-refractivity contribution >= 4 is 17.5 Å². The first-order valence-corrected chi connectivity index (χ1v) is 9.66. The lowest BCUT2D eigenvalue weighted by Gasteiger charge is -2.14. The second-order valence-corrected chi connectivity index (χ2v) is 6.99. The predicted molar refractivity (Wildman–Crippen MR) is 108 cm³/mol. The molecule has 0 aliphatic rings. The average Bonchev–Trinajstić information content (AvgIpc) is 3.25. The lowest BCUT2D eigenvalue weighted by molar-refractivity contribution is -0.141. The van der Waals surface area contributed by atoms with E-state index in [0.717, 1.165) is 6.07 Å². The SMILES string of the molecule is CC(NC(=O)c1cc(Cl)nc(C(F)(F)F)c1)c1nc(-c2cnccn2)nn1-c1ncccn1. The van der Waals surface area contributed by atoms with Gasteiger partial charge in [0, 0.05) is 30.4 Å². The zero-order valence-electron chi connectivity index (χ0n) is 16.7. The van der Waals surface area contributed by atoms with Gasteiger partial charge in [-0.1, -0.05) is 11.6 Å². The zero-order valence-corrected chi connectivity index (χ0v) is 17.4. The van der Waals surface area contributed by atoms with E-state index >= 15 is 0 Å². The first-order valence-electron chi connectivity index (χ1n) is 9.29. The third-order valence-corrected chi connectivity index (χ3v) is 4.44. The van der Waals surface area contributed by atoms with Crippen LogP contribution in [0.15, 0.2) is 49.2 Å². The van der Waals surface area contributed by atoms with Crippen LogP contribution >= 0.6 is 11.6 Å². The number of carbonyl (C=O) groups excluding carboxylic acids is 1. The molecule has 10 nitrogen and oxygen atoms in total. The highest BCUT2D eigenvalue weighted by Gasteiger charge is 2.34. The summed E-state index contributed by atoms with van der Waals surface area (Å²) in [5.74, 6) is -0.242. The molecule has 0 bridgehead atoms. The van der Waals surface area contributed by atoms with Gasteiger partial charge in [0.05, 0.1) is 12.2 Å². The molecule has 0 aliphatic carbocycles. The summed E-state index contributed by atoms with van der Waals surface area (Å²) in [6.07, 6.45) is 2.64. The normalized spacial score (nSPS) is 12.4. The molecule has 4 aromatic rings. The Bertz CT molecular complexity index is 1280. The average molecular weight is 476 g/mol. The molecule has 0 aliphatic heterocycles. The van der Waals surface area contributed by atoms with Gasteiger partial charge in [-0.05, 0) is 25.1 Å². The Kier molecular flexibility index (Phi) is 5.96. The van der Waals surface area contributed by atoms with Gasteiger partial charge in [-0.3, -0.25) is 9.78 Å². The van der Waals surface area contributed by atoms with E-state index in [1.54, 1.807) is 13.0 Å². The maximum atomic E-state index is 13.0. The van der Waals surface area contributed by atoms with Crippen molar-refractivity contribution in [2.24, 2.45) is 0 Å². The maximum absolute atomic E-state index is 13.0. The third-order valence-electron chi connectivity index (χ3n) is 4.25. The van der Waals surface area contributed by atoms with E-state index in [0.29, 0.717) is 11.8 Å². The van der Waals surface area contributed by atoms with Crippen LogP contribution in [0.3, 0.4) is 0 Å². The fourth-order valence-electron chi connectivity index (χ4n) is 2.79. The summed E-state index contributed by atoms with van der Waals surface area (Å²) in [5.41, 5.74) is -1.23. The van der Waals surface area contributed by atoms with Crippen LogP contribution in [0.4, 0.5) is 13.2 Å². The number of alkyl halides is 3. The molecule has 14 heteroatoms. The van der Waals surface area contributed by atoms with Crippen molar-refractivity contribution in [2.75, 3.05) is 0 Å². The molecule has 0 radical (unpaired) electrons. The van der Waals surface area contributed by atoms with Gasteiger partial charge in [0.25, 0.3) is 11.9 Å². The van der Waals surface area contributed by atoms with Crippen LogP contribution in [0.2, 0.25) is 5.15 Å². The van der Waals surface area contributed by atoms with Crippen molar-refractivity contribution in [2.45, 2.75) is 19.1 Å². The summed E-state index contributed by atoms with van der Waals surface area (Å²) in [6, 6.07) is 2.44. The van der Waals surface area contributed by atoms with Crippen molar-refractivity contribution in [3.8, 4) is 17.5 Å². The minimum atomic E-state index is -4.76. The van der Waals surface area contributed by atoms with Gasteiger partial charge in [0.15, 0.2) is 5.82 Å². The molecule has 4 heterocycles. The highest BCUT2D eigenvalue weighted by Crippen LogP contribution is 2.29. The van der Waals surface area contributed by atoms with Crippen LogP contribution in [0.1, 0.15) is 34.8 Å². The molecular weight excluding hydrogens is 463 g/mol. The fraction of sp³-hybridized carbons (Fsp3) is 0.158. The summed E-state index contributed by atoms with van der Waals surface area (Å²) in [4.78, 5) is 36.7. The highest BCUT2D eigenvalue weighted by molar-refractivity contribution is 6.29. The molecule has 1 unspecified atom stereocenters. The Morgan fingerprint density at radius 2 is 1.85 bits per heavy atom. The number of halogens is 4. The van der Waals surface area contributed by atoms with Crippen molar-refractivity contribution in [3.05, 3.63) is 71.4 Å². The Hall–Kier alpha value is -4.00. The summed E-state index contributed by atoms with van der Waals surface area (Å²) in [7, 11) is 0. The second-order valence-electron chi connectivity index (χ2n) is 6.60. The second kappa shape index (κ2) is 8.86. The van der Waals surface area contributed by atoms with Crippen LogP contribution in [0.25, 0.3) is 17.5 Å². The standard InChI is InChI=1S/C19H13ClF3N9O/c1-10(28-17(33)11-7-13(19(21,22)23)29-14(20)8-11)16-30-15(12-9-24-5-6-25-12)31-32(16)18-26-3-2-4-27-18/h2-10H,1H3,(H,28,33). The number of carbonyl (C=O) groups is 1. The molecule has 0 saturated heterocycles. The predicted octanol–water partition coefficient (Wildman–Crippen LogP) is 3.07. The highest BCUT2D eigenvalue weighted by atomic mass is 35.5. The van der Waals surface area contributed by atoms with Crippen LogP contribution in [0, 0.1) is 0 Å². The Morgan fingerprint density at radius 1 is 1.09 bits per heavy atom. The number of nitrogens with zero attached hydrogens (tertiary/aromatic N) is 8. The summed E-state index contributed by atoms with van der Waals surface area (Å²) < 4.78 is 40.4. The first-order chi connectivity index (χ1) is 15.7. The number of nitrogens with one attached hydrogen (secondary N) is 1. The van der Waals surface area contributed by atoms with Crippen molar-refractivity contribution in [3.63, 3.8) is 0 Å². The fourth-order valence-corrected chi connectivity index (χ4v) is 3.00. The van der Waals surface area contributed by atoms with E-state index in [4.69, 9.17) is 11.6 Å². The van der Waals surface area contributed by atoms with E-state index in [-0.39, 0.29) is 23.2 Å². The molecule has 33 heavy (non-hydrogen) atoms. The number of aromatic nitrogens is 8. The van der Waals surface area contributed by atoms with Gasteiger partial charge in [0.2, 0.25) is 5.82 Å².